The molecule has 1 aromatic carbocycles. The summed E-state index contributed by atoms with van der Waals surface area (Å²) in [7, 11) is 0. The van der Waals surface area contributed by atoms with Crippen LogP contribution in [0.5, 0.6) is 0 Å². The van der Waals surface area contributed by atoms with Gasteiger partial charge in [0.15, 0.2) is 0 Å². The molecule has 4 heteroatoms. The van der Waals surface area contributed by atoms with Gasteiger partial charge in [-0.15, -0.1) is 11.8 Å². The van der Waals surface area contributed by atoms with Crippen molar-refractivity contribution in [3.05, 3.63) is 29.8 Å². The Morgan fingerprint density at radius 3 is 2.95 bits per heavy atom. The zero-order valence-corrected chi connectivity index (χ0v) is 12.4. The van der Waals surface area contributed by atoms with Crippen LogP contribution < -0.4 is 5.32 Å². The van der Waals surface area contributed by atoms with E-state index >= 15 is 0 Å². The Hall–Kier alpha value is -1.00. The van der Waals surface area contributed by atoms with Crippen LogP contribution in [0.25, 0.3) is 0 Å². The van der Waals surface area contributed by atoms with E-state index in [1.54, 1.807) is 11.8 Å². The first-order valence-electron chi connectivity index (χ1n) is 7.40. The van der Waals surface area contributed by atoms with Crippen molar-refractivity contribution in [2.45, 2.75) is 30.1 Å². The number of hydrogen-bond acceptors (Lipinski definition) is 3. The van der Waals surface area contributed by atoms with Gasteiger partial charge in [0.05, 0.1) is 5.92 Å². The van der Waals surface area contributed by atoms with Gasteiger partial charge >= 0.3 is 0 Å². The van der Waals surface area contributed by atoms with Crippen molar-refractivity contribution in [1.82, 2.24) is 5.32 Å². The van der Waals surface area contributed by atoms with Gasteiger partial charge in [0.2, 0.25) is 5.91 Å². The number of benzene rings is 1. The van der Waals surface area contributed by atoms with Crippen molar-refractivity contribution >= 4 is 17.7 Å². The van der Waals surface area contributed by atoms with Gasteiger partial charge < -0.3 is 10.4 Å². The number of thioether (sulfide) groups is 1. The SMILES string of the molecule is O=C(NCC1CCCC1CO)C1CSc2ccccc21. The predicted octanol–water partition coefficient (Wildman–Crippen LogP) is 2.40. The molecule has 108 valence electrons. The van der Waals surface area contributed by atoms with Crippen LogP contribution in [0.15, 0.2) is 29.2 Å². The highest BCUT2D eigenvalue weighted by Gasteiger charge is 2.31. The molecule has 3 rings (SSSR count). The zero-order valence-electron chi connectivity index (χ0n) is 11.5. The van der Waals surface area contributed by atoms with Crippen LogP contribution >= 0.6 is 11.8 Å². The lowest BCUT2D eigenvalue weighted by Crippen LogP contribution is -2.35. The lowest BCUT2D eigenvalue weighted by atomic mass is 9.96. The molecule has 0 radical (unpaired) electrons. The fourth-order valence-electron chi connectivity index (χ4n) is 3.36. The second-order valence-corrected chi connectivity index (χ2v) is 6.84. The van der Waals surface area contributed by atoms with Crippen LogP contribution in [0, 0.1) is 11.8 Å². The van der Waals surface area contributed by atoms with E-state index in [4.69, 9.17) is 0 Å². The Bertz CT molecular complexity index is 491. The van der Waals surface area contributed by atoms with Crippen LogP contribution in [0.4, 0.5) is 0 Å². The lowest BCUT2D eigenvalue weighted by molar-refractivity contribution is -0.122. The molecule has 2 aliphatic rings. The first-order valence-corrected chi connectivity index (χ1v) is 8.38. The Labute approximate surface area is 124 Å². The van der Waals surface area contributed by atoms with Crippen molar-refractivity contribution < 1.29 is 9.90 Å². The number of nitrogens with one attached hydrogen (secondary N) is 1. The summed E-state index contributed by atoms with van der Waals surface area (Å²) in [5, 5.41) is 12.4. The van der Waals surface area contributed by atoms with Gasteiger partial charge in [-0.3, -0.25) is 4.79 Å². The van der Waals surface area contributed by atoms with Crippen molar-refractivity contribution in [2.75, 3.05) is 18.9 Å². The molecule has 2 N–H and O–H groups in total. The quantitative estimate of drug-likeness (QED) is 0.895. The molecule has 1 aliphatic heterocycles. The molecular formula is C16H21NO2S. The van der Waals surface area contributed by atoms with Gasteiger partial charge in [-0.05, 0) is 36.3 Å². The maximum Gasteiger partial charge on any atom is 0.228 e. The highest BCUT2D eigenvalue weighted by Crippen LogP contribution is 2.39. The molecule has 0 bridgehead atoms. The third kappa shape index (κ3) is 2.72. The normalized spacial score (nSPS) is 28.4. The molecule has 0 spiro atoms. The average Bonchev–Trinajstić information content (AvgIpc) is 3.11. The molecule has 1 heterocycles. The van der Waals surface area contributed by atoms with Gasteiger partial charge in [-0.25, -0.2) is 0 Å². The van der Waals surface area contributed by atoms with E-state index in [0.29, 0.717) is 18.4 Å². The highest BCUT2D eigenvalue weighted by atomic mass is 32.2. The molecule has 1 aliphatic carbocycles. The number of rotatable bonds is 4. The highest BCUT2D eigenvalue weighted by molar-refractivity contribution is 7.99. The summed E-state index contributed by atoms with van der Waals surface area (Å²) in [6.07, 6.45) is 3.40. The van der Waals surface area contributed by atoms with Gasteiger partial charge in [-0.2, -0.15) is 0 Å². The maximum atomic E-state index is 12.4. The van der Waals surface area contributed by atoms with Crippen molar-refractivity contribution in [1.29, 1.82) is 0 Å². The minimum Gasteiger partial charge on any atom is -0.396 e. The molecule has 1 fully saturated rings. The van der Waals surface area contributed by atoms with Crippen LogP contribution in [-0.4, -0.2) is 29.9 Å². The summed E-state index contributed by atoms with van der Waals surface area (Å²) in [5.41, 5.74) is 1.17. The first kappa shape index (κ1) is 14.0. The summed E-state index contributed by atoms with van der Waals surface area (Å²) >= 11 is 1.77. The fourth-order valence-corrected chi connectivity index (χ4v) is 4.59. The Balaban J connectivity index is 1.58. The molecule has 1 amide bonds. The minimum atomic E-state index is -0.00909. The molecule has 3 unspecified atom stereocenters. The monoisotopic (exact) mass is 291 g/mol. The van der Waals surface area contributed by atoms with Crippen molar-refractivity contribution in [3.8, 4) is 0 Å². The minimum absolute atomic E-state index is 0.00909. The van der Waals surface area contributed by atoms with Gasteiger partial charge in [0, 0.05) is 23.8 Å². The summed E-state index contributed by atoms with van der Waals surface area (Å²) in [5.74, 6) is 1.81. The van der Waals surface area contributed by atoms with E-state index in [2.05, 4.69) is 17.4 Å². The Morgan fingerprint density at radius 2 is 2.10 bits per heavy atom. The molecule has 3 nitrogen and oxygen atoms in total. The third-order valence-electron chi connectivity index (χ3n) is 4.61. The number of fused-ring (bicyclic) bond motifs is 1. The lowest BCUT2D eigenvalue weighted by Gasteiger charge is -2.19. The number of aliphatic hydroxyl groups is 1. The fraction of sp³-hybridized carbons (Fsp3) is 0.562. The molecule has 1 saturated carbocycles. The molecule has 0 aromatic heterocycles. The molecular weight excluding hydrogens is 270 g/mol. The Kier molecular flexibility index (Phi) is 4.32. The number of amides is 1. The second kappa shape index (κ2) is 6.19. The standard InChI is InChI=1S/C16H21NO2S/c18-9-12-5-3-4-11(12)8-17-16(19)14-10-20-15-7-2-1-6-13(14)15/h1-2,6-7,11-12,14,18H,3-5,8-10H2,(H,17,19). The number of hydrogen-bond donors (Lipinski definition) is 2. The zero-order chi connectivity index (χ0) is 13.9. The third-order valence-corrected chi connectivity index (χ3v) is 5.79. The molecule has 3 atom stereocenters. The van der Waals surface area contributed by atoms with E-state index in [9.17, 15) is 9.90 Å². The van der Waals surface area contributed by atoms with Crippen LogP contribution in [0.3, 0.4) is 0 Å². The predicted molar refractivity (Wildman–Crippen MR) is 80.8 cm³/mol. The van der Waals surface area contributed by atoms with Gasteiger partial charge in [-0.1, -0.05) is 24.6 Å². The van der Waals surface area contributed by atoms with E-state index < -0.39 is 0 Å². The summed E-state index contributed by atoms with van der Waals surface area (Å²) in [6.45, 7) is 0.968. The molecule has 1 aromatic rings. The van der Waals surface area contributed by atoms with Crippen LogP contribution in [0.2, 0.25) is 0 Å². The van der Waals surface area contributed by atoms with Crippen molar-refractivity contribution in [2.24, 2.45) is 11.8 Å². The van der Waals surface area contributed by atoms with E-state index in [-0.39, 0.29) is 18.4 Å². The maximum absolute atomic E-state index is 12.4. The number of aliphatic hydroxyl groups excluding tert-OH is 1. The summed E-state index contributed by atoms with van der Waals surface area (Å²) < 4.78 is 0. The van der Waals surface area contributed by atoms with E-state index in [0.717, 1.165) is 18.6 Å². The van der Waals surface area contributed by atoms with Crippen LogP contribution in [-0.2, 0) is 4.79 Å². The largest absolute Gasteiger partial charge is 0.396 e. The average molecular weight is 291 g/mol. The topological polar surface area (TPSA) is 49.3 Å². The summed E-state index contributed by atoms with van der Waals surface area (Å²) in [6, 6.07) is 8.18. The molecule has 20 heavy (non-hydrogen) atoms. The number of carbonyl (C=O) groups excluding carboxylic acids is 1. The van der Waals surface area contributed by atoms with E-state index in [1.807, 2.05) is 12.1 Å². The van der Waals surface area contributed by atoms with Gasteiger partial charge in [0.25, 0.3) is 0 Å². The smallest absolute Gasteiger partial charge is 0.228 e. The first-order chi connectivity index (χ1) is 9.79. The van der Waals surface area contributed by atoms with Crippen molar-refractivity contribution in [3.63, 3.8) is 0 Å². The number of carbonyl (C=O) groups is 1. The van der Waals surface area contributed by atoms with E-state index in [1.165, 1.54) is 16.9 Å². The van der Waals surface area contributed by atoms with Crippen LogP contribution in [0.1, 0.15) is 30.7 Å². The second-order valence-electron chi connectivity index (χ2n) is 5.78. The molecule has 0 saturated heterocycles. The summed E-state index contributed by atoms with van der Waals surface area (Å²) in [4.78, 5) is 13.6. The van der Waals surface area contributed by atoms with Gasteiger partial charge in [0.1, 0.15) is 0 Å². The Morgan fingerprint density at radius 1 is 1.30 bits per heavy atom.